The Morgan fingerprint density at radius 2 is 1.68 bits per heavy atom. The summed E-state index contributed by atoms with van der Waals surface area (Å²) in [6.45, 7) is 24.8. The summed E-state index contributed by atoms with van der Waals surface area (Å²) in [5, 5.41) is 1.26. The first-order valence-corrected chi connectivity index (χ1v) is 15.4. The summed E-state index contributed by atoms with van der Waals surface area (Å²) < 4.78 is 26.6. The third kappa shape index (κ3) is 4.27. The zero-order valence-corrected chi connectivity index (χ0v) is 25.4. The SMILES string of the molecule is CCN1CCC(C)(C)[C@]1(C)C(C)(C)c1c[nH]c2cc(C)c(CCS(=O)(=O)c3ccc(C)c(C)c3)c(C)c12. The monoisotopic (exact) mass is 522 g/mol. The van der Waals surface area contributed by atoms with Crippen molar-refractivity contribution in [3.05, 3.63) is 63.8 Å². The van der Waals surface area contributed by atoms with Crippen molar-refractivity contribution in [2.75, 3.05) is 18.8 Å². The van der Waals surface area contributed by atoms with Crippen LogP contribution < -0.4 is 0 Å². The van der Waals surface area contributed by atoms with Gasteiger partial charge in [-0.15, -0.1) is 0 Å². The molecule has 1 aliphatic heterocycles. The minimum atomic E-state index is -3.37. The molecule has 1 atom stereocenters. The predicted octanol–water partition coefficient (Wildman–Crippen LogP) is 7.21. The van der Waals surface area contributed by atoms with E-state index < -0.39 is 9.84 Å². The standard InChI is InChI=1S/C32H46N2O2S/c1-11-34-16-15-30(6,7)32(34,10)31(8,9)27-20-33-28-19-23(4)26(24(5)29(27)28)14-17-37(35,36)25-13-12-21(2)22(3)18-25/h12-13,18-20,33H,11,14-17H2,1-10H3/t32-/m1/s1. The lowest BCUT2D eigenvalue weighted by Crippen LogP contribution is -2.61. The highest BCUT2D eigenvalue weighted by molar-refractivity contribution is 7.91. The molecule has 5 heteroatoms. The second-order valence-corrected chi connectivity index (χ2v) is 14.8. The van der Waals surface area contributed by atoms with Gasteiger partial charge in [-0.1, -0.05) is 40.7 Å². The van der Waals surface area contributed by atoms with E-state index in [1.807, 2.05) is 26.0 Å². The minimum Gasteiger partial charge on any atom is -0.361 e. The number of rotatable bonds is 7. The second kappa shape index (κ2) is 9.27. The van der Waals surface area contributed by atoms with Crippen LogP contribution in [0.3, 0.4) is 0 Å². The number of hydrogen-bond donors (Lipinski definition) is 1. The first kappa shape index (κ1) is 27.9. The fraction of sp³-hybridized carbons (Fsp3) is 0.562. The van der Waals surface area contributed by atoms with E-state index in [0.29, 0.717) is 11.3 Å². The molecule has 0 saturated carbocycles. The van der Waals surface area contributed by atoms with Gasteiger partial charge >= 0.3 is 0 Å². The number of fused-ring (bicyclic) bond motifs is 1. The summed E-state index contributed by atoms with van der Waals surface area (Å²) in [4.78, 5) is 6.66. The van der Waals surface area contributed by atoms with Crippen LogP contribution in [0.15, 0.2) is 35.4 Å². The normalized spacial score (nSPS) is 20.7. The number of nitrogens with one attached hydrogen (secondary N) is 1. The first-order valence-electron chi connectivity index (χ1n) is 13.7. The molecule has 1 aromatic heterocycles. The van der Waals surface area contributed by atoms with E-state index >= 15 is 0 Å². The molecule has 0 aliphatic carbocycles. The number of H-pyrrole nitrogens is 1. The fourth-order valence-electron chi connectivity index (χ4n) is 7.13. The summed E-state index contributed by atoms with van der Waals surface area (Å²) in [7, 11) is -3.37. The first-order chi connectivity index (χ1) is 17.1. The van der Waals surface area contributed by atoms with Crippen LogP contribution in [0, 0.1) is 33.1 Å². The fourth-order valence-corrected chi connectivity index (χ4v) is 8.47. The lowest BCUT2D eigenvalue weighted by atomic mass is 9.57. The van der Waals surface area contributed by atoms with Gasteiger partial charge in [-0.05, 0) is 118 Å². The third-order valence-electron chi connectivity index (χ3n) is 10.3. The zero-order chi connectivity index (χ0) is 27.6. The van der Waals surface area contributed by atoms with Gasteiger partial charge in [-0.2, -0.15) is 0 Å². The van der Waals surface area contributed by atoms with Crippen molar-refractivity contribution >= 4 is 20.7 Å². The average molecular weight is 523 g/mol. The Balaban J connectivity index is 1.77. The van der Waals surface area contributed by atoms with Crippen molar-refractivity contribution in [1.29, 1.82) is 0 Å². The average Bonchev–Trinajstić information content (AvgIpc) is 3.34. The van der Waals surface area contributed by atoms with Crippen molar-refractivity contribution in [2.45, 2.75) is 97.9 Å². The molecular weight excluding hydrogens is 476 g/mol. The topological polar surface area (TPSA) is 53.2 Å². The van der Waals surface area contributed by atoms with E-state index in [1.165, 1.54) is 22.9 Å². The van der Waals surface area contributed by atoms with E-state index in [1.54, 1.807) is 6.07 Å². The number of likely N-dealkylation sites (tertiary alicyclic amines) is 1. The van der Waals surface area contributed by atoms with Crippen LogP contribution in [0.2, 0.25) is 0 Å². The van der Waals surface area contributed by atoms with E-state index in [9.17, 15) is 8.42 Å². The van der Waals surface area contributed by atoms with Crippen LogP contribution in [-0.2, 0) is 21.7 Å². The maximum absolute atomic E-state index is 13.3. The molecule has 37 heavy (non-hydrogen) atoms. The largest absolute Gasteiger partial charge is 0.361 e. The third-order valence-corrected chi connectivity index (χ3v) is 12.0. The number of aromatic amines is 1. The molecule has 0 bridgehead atoms. The number of sulfone groups is 1. The number of likely N-dealkylation sites (N-methyl/N-ethyl adjacent to an activating group) is 1. The molecule has 1 saturated heterocycles. The zero-order valence-electron chi connectivity index (χ0n) is 24.6. The van der Waals surface area contributed by atoms with Crippen LogP contribution >= 0.6 is 0 Å². The van der Waals surface area contributed by atoms with Crippen molar-refractivity contribution in [2.24, 2.45) is 5.41 Å². The van der Waals surface area contributed by atoms with Crippen molar-refractivity contribution in [3.8, 4) is 0 Å². The number of benzene rings is 2. The van der Waals surface area contributed by atoms with Crippen molar-refractivity contribution < 1.29 is 8.42 Å². The molecule has 2 heterocycles. The molecule has 0 amide bonds. The molecule has 1 aliphatic rings. The molecule has 202 valence electrons. The Morgan fingerprint density at radius 3 is 2.30 bits per heavy atom. The molecule has 4 rings (SSSR count). The predicted molar refractivity (Wildman–Crippen MR) is 157 cm³/mol. The van der Waals surface area contributed by atoms with Gasteiger partial charge in [0.1, 0.15) is 0 Å². The Labute approximate surface area is 224 Å². The number of hydrogen-bond acceptors (Lipinski definition) is 3. The van der Waals surface area contributed by atoms with Gasteiger partial charge in [0, 0.05) is 28.1 Å². The van der Waals surface area contributed by atoms with Gasteiger partial charge < -0.3 is 4.98 Å². The summed E-state index contributed by atoms with van der Waals surface area (Å²) in [5.41, 5.74) is 8.12. The number of nitrogens with zero attached hydrogens (tertiary/aromatic N) is 1. The van der Waals surface area contributed by atoms with Gasteiger partial charge in [-0.25, -0.2) is 8.42 Å². The molecule has 0 radical (unpaired) electrons. The minimum absolute atomic E-state index is 0.0198. The van der Waals surface area contributed by atoms with Gasteiger partial charge in [-0.3, -0.25) is 4.90 Å². The van der Waals surface area contributed by atoms with Gasteiger partial charge in [0.15, 0.2) is 9.84 Å². The van der Waals surface area contributed by atoms with Gasteiger partial charge in [0.2, 0.25) is 0 Å². The van der Waals surface area contributed by atoms with Crippen molar-refractivity contribution in [1.82, 2.24) is 9.88 Å². The lowest BCUT2D eigenvalue weighted by molar-refractivity contribution is 0.0100. The van der Waals surface area contributed by atoms with Gasteiger partial charge in [0.25, 0.3) is 0 Å². The number of aryl methyl sites for hydroxylation is 4. The van der Waals surface area contributed by atoms with Crippen molar-refractivity contribution in [3.63, 3.8) is 0 Å². The van der Waals surface area contributed by atoms with Crippen LogP contribution in [0.25, 0.3) is 10.9 Å². The number of aromatic nitrogens is 1. The molecule has 0 unspecified atom stereocenters. The van der Waals surface area contributed by atoms with E-state index in [4.69, 9.17) is 0 Å². The highest BCUT2D eigenvalue weighted by Crippen LogP contribution is 2.56. The smallest absolute Gasteiger partial charge is 0.178 e. The highest BCUT2D eigenvalue weighted by Gasteiger charge is 2.59. The maximum atomic E-state index is 13.3. The molecule has 1 fully saturated rings. The molecule has 1 N–H and O–H groups in total. The molecular formula is C32H46N2O2S. The Hall–Kier alpha value is -2.11. The van der Waals surface area contributed by atoms with E-state index in [-0.39, 0.29) is 22.1 Å². The lowest BCUT2D eigenvalue weighted by Gasteiger charge is -2.54. The second-order valence-electron chi connectivity index (χ2n) is 12.6. The molecule has 4 nitrogen and oxygen atoms in total. The van der Waals surface area contributed by atoms with E-state index in [0.717, 1.165) is 40.9 Å². The summed E-state index contributed by atoms with van der Waals surface area (Å²) in [6, 6.07) is 7.67. The van der Waals surface area contributed by atoms with Gasteiger partial charge in [0.05, 0.1) is 10.6 Å². The molecule has 2 aromatic carbocycles. The van der Waals surface area contributed by atoms with Crippen LogP contribution in [0.5, 0.6) is 0 Å². The highest BCUT2D eigenvalue weighted by atomic mass is 32.2. The van der Waals surface area contributed by atoms with Crippen LogP contribution in [0.4, 0.5) is 0 Å². The maximum Gasteiger partial charge on any atom is 0.178 e. The van der Waals surface area contributed by atoms with Crippen LogP contribution in [-0.4, -0.2) is 42.7 Å². The Kier molecular flexibility index (Phi) is 6.99. The van der Waals surface area contributed by atoms with Crippen LogP contribution in [0.1, 0.15) is 81.3 Å². The summed E-state index contributed by atoms with van der Waals surface area (Å²) in [5.74, 6) is 0.111. The quantitative estimate of drug-likeness (QED) is 0.357. The summed E-state index contributed by atoms with van der Waals surface area (Å²) >= 11 is 0. The summed E-state index contributed by atoms with van der Waals surface area (Å²) in [6.07, 6.45) is 3.90. The Bertz CT molecular complexity index is 1450. The molecule has 0 spiro atoms. The van der Waals surface area contributed by atoms with E-state index in [2.05, 4.69) is 77.5 Å². The Morgan fingerprint density at radius 1 is 1.00 bits per heavy atom. The molecule has 3 aromatic rings.